The molecule has 0 saturated heterocycles. The number of nitrogens with one attached hydrogen (secondary N) is 1. The predicted octanol–water partition coefficient (Wildman–Crippen LogP) is 2.82. The Morgan fingerprint density at radius 1 is 1.06 bits per heavy atom. The highest BCUT2D eigenvalue weighted by atomic mass is 19.4. The van der Waals surface area contributed by atoms with Crippen molar-refractivity contribution in [1.82, 2.24) is 10.2 Å². The van der Waals surface area contributed by atoms with Crippen molar-refractivity contribution in [2.45, 2.75) is 6.18 Å². The summed E-state index contributed by atoms with van der Waals surface area (Å²) >= 11 is 0. The molecule has 1 aromatic carbocycles. The molecule has 0 spiro atoms. The second kappa shape index (κ2) is 4.52. The summed E-state index contributed by atoms with van der Waals surface area (Å²) in [5.41, 5.74) is 5.71. The lowest BCUT2D eigenvalue weighted by Crippen LogP contribution is -2.09. The molecule has 1 aromatic heterocycles. The number of rotatable bonds is 2. The van der Waals surface area contributed by atoms with Crippen LogP contribution in [0.25, 0.3) is 0 Å². The lowest BCUT2D eigenvalue weighted by atomic mass is 10.3. The third-order valence-electron chi connectivity index (χ3n) is 2.11. The standard InChI is InChI=1S/C11H9F3N4/c12-11(13,14)9-4-5-10(18-17-9)16-8-3-1-2-7(15)6-8/h1-6H,15H2,(H,16,18). The zero-order valence-electron chi connectivity index (χ0n) is 9.07. The fraction of sp³-hybridized carbons (Fsp3) is 0.0909. The van der Waals surface area contributed by atoms with Crippen molar-refractivity contribution in [3.05, 3.63) is 42.1 Å². The summed E-state index contributed by atoms with van der Waals surface area (Å²) in [5, 5.41) is 9.35. The van der Waals surface area contributed by atoms with Gasteiger partial charge in [0.2, 0.25) is 0 Å². The number of nitrogen functional groups attached to an aromatic ring is 1. The molecule has 0 atom stereocenters. The minimum absolute atomic E-state index is 0.216. The Morgan fingerprint density at radius 3 is 2.39 bits per heavy atom. The van der Waals surface area contributed by atoms with Crippen LogP contribution in [-0.4, -0.2) is 10.2 Å². The van der Waals surface area contributed by atoms with Crippen LogP contribution < -0.4 is 11.1 Å². The first kappa shape index (κ1) is 12.2. The van der Waals surface area contributed by atoms with Crippen molar-refractivity contribution in [2.24, 2.45) is 0 Å². The van der Waals surface area contributed by atoms with Crippen molar-refractivity contribution >= 4 is 17.2 Å². The van der Waals surface area contributed by atoms with Crippen molar-refractivity contribution in [2.75, 3.05) is 11.1 Å². The van der Waals surface area contributed by atoms with Gasteiger partial charge in [0.15, 0.2) is 11.5 Å². The minimum atomic E-state index is -4.48. The van der Waals surface area contributed by atoms with Gasteiger partial charge < -0.3 is 11.1 Å². The average Bonchev–Trinajstić information content (AvgIpc) is 2.28. The van der Waals surface area contributed by atoms with Crippen LogP contribution in [0.4, 0.5) is 30.4 Å². The van der Waals surface area contributed by atoms with E-state index in [1.165, 1.54) is 6.07 Å². The quantitative estimate of drug-likeness (QED) is 0.809. The van der Waals surface area contributed by atoms with E-state index in [0.717, 1.165) is 6.07 Å². The molecule has 0 saturated carbocycles. The highest BCUT2D eigenvalue weighted by molar-refractivity contribution is 5.60. The number of hydrogen-bond acceptors (Lipinski definition) is 4. The largest absolute Gasteiger partial charge is 0.435 e. The molecule has 3 N–H and O–H groups in total. The van der Waals surface area contributed by atoms with Gasteiger partial charge in [0.1, 0.15) is 0 Å². The van der Waals surface area contributed by atoms with E-state index in [1.54, 1.807) is 24.3 Å². The van der Waals surface area contributed by atoms with Gasteiger partial charge in [0.05, 0.1) is 0 Å². The number of hydrogen-bond donors (Lipinski definition) is 2. The number of alkyl halides is 3. The molecule has 0 unspecified atom stereocenters. The Morgan fingerprint density at radius 2 is 1.83 bits per heavy atom. The molecule has 0 fully saturated rings. The second-order valence-corrected chi connectivity index (χ2v) is 3.55. The van der Waals surface area contributed by atoms with Crippen molar-refractivity contribution < 1.29 is 13.2 Å². The number of anilines is 3. The van der Waals surface area contributed by atoms with E-state index in [9.17, 15) is 13.2 Å². The average molecular weight is 254 g/mol. The van der Waals surface area contributed by atoms with E-state index in [0.29, 0.717) is 11.4 Å². The molecule has 0 amide bonds. The van der Waals surface area contributed by atoms with Gasteiger partial charge in [0, 0.05) is 11.4 Å². The maximum atomic E-state index is 12.3. The van der Waals surface area contributed by atoms with Gasteiger partial charge in [-0.2, -0.15) is 13.2 Å². The van der Waals surface area contributed by atoms with Gasteiger partial charge >= 0.3 is 6.18 Å². The third kappa shape index (κ3) is 2.88. The summed E-state index contributed by atoms with van der Waals surface area (Å²) in [6.07, 6.45) is -4.48. The molecule has 1 heterocycles. The lowest BCUT2D eigenvalue weighted by molar-refractivity contribution is -0.141. The highest BCUT2D eigenvalue weighted by Crippen LogP contribution is 2.27. The van der Waals surface area contributed by atoms with Crippen LogP contribution in [0.3, 0.4) is 0 Å². The molecule has 0 aliphatic heterocycles. The first-order valence-electron chi connectivity index (χ1n) is 4.98. The topological polar surface area (TPSA) is 63.8 Å². The summed E-state index contributed by atoms with van der Waals surface area (Å²) in [5.74, 6) is 0.216. The number of benzene rings is 1. The Labute approximate surface area is 101 Å². The summed E-state index contributed by atoms with van der Waals surface area (Å²) in [4.78, 5) is 0. The van der Waals surface area contributed by atoms with Gasteiger partial charge in [-0.15, -0.1) is 10.2 Å². The van der Waals surface area contributed by atoms with Gasteiger partial charge in [-0.3, -0.25) is 0 Å². The van der Waals surface area contributed by atoms with Crippen molar-refractivity contribution in [3.63, 3.8) is 0 Å². The first-order valence-corrected chi connectivity index (χ1v) is 4.98. The summed E-state index contributed by atoms with van der Waals surface area (Å²) in [7, 11) is 0. The van der Waals surface area contributed by atoms with Gasteiger partial charge in [-0.25, -0.2) is 0 Å². The molecule has 18 heavy (non-hydrogen) atoms. The van der Waals surface area contributed by atoms with Crippen LogP contribution >= 0.6 is 0 Å². The smallest absolute Gasteiger partial charge is 0.399 e. The fourth-order valence-corrected chi connectivity index (χ4v) is 1.31. The summed E-state index contributed by atoms with van der Waals surface area (Å²) < 4.78 is 36.8. The second-order valence-electron chi connectivity index (χ2n) is 3.55. The molecule has 0 aliphatic carbocycles. The monoisotopic (exact) mass is 254 g/mol. The van der Waals surface area contributed by atoms with E-state index in [1.807, 2.05) is 0 Å². The van der Waals surface area contributed by atoms with Gasteiger partial charge in [-0.1, -0.05) is 6.07 Å². The van der Waals surface area contributed by atoms with Gasteiger partial charge in [0.25, 0.3) is 0 Å². The van der Waals surface area contributed by atoms with Crippen LogP contribution in [0.2, 0.25) is 0 Å². The predicted molar refractivity (Wildman–Crippen MR) is 61.2 cm³/mol. The maximum absolute atomic E-state index is 12.3. The molecule has 2 aromatic rings. The molecular weight excluding hydrogens is 245 g/mol. The molecule has 4 nitrogen and oxygen atoms in total. The molecular formula is C11H9F3N4. The summed E-state index contributed by atoms with van der Waals surface area (Å²) in [6, 6.07) is 8.84. The Balaban J connectivity index is 2.16. The van der Waals surface area contributed by atoms with Crippen molar-refractivity contribution in [1.29, 1.82) is 0 Å². The third-order valence-corrected chi connectivity index (χ3v) is 2.11. The SMILES string of the molecule is Nc1cccc(Nc2ccc(C(F)(F)F)nn2)c1. The molecule has 0 bridgehead atoms. The summed E-state index contributed by atoms with van der Waals surface area (Å²) in [6.45, 7) is 0. The highest BCUT2D eigenvalue weighted by Gasteiger charge is 2.32. The van der Waals surface area contributed by atoms with E-state index >= 15 is 0 Å². The minimum Gasteiger partial charge on any atom is -0.399 e. The lowest BCUT2D eigenvalue weighted by Gasteiger charge is -2.07. The molecule has 94 valence electrons. The normalized spacial score (nSPS) is 11.3. The molecule has 7 heteroatoms. The van der Waals surface area contributed by atoms with E-state index < -0.39 is 11.9 Å². The van der Waals surface area contributed by atoms with Crippen LogP contribution in [0.5, 0.6) is 0 Å². The number of aromatic nitrogens is 2. The van der Waals surface area contributed by atoms with E-state index in [-0.39, 0.29) is 5.82 Å². The van der Waals surface area contributed by atoms with Crippen LogP contribution in [0.15, 0.2) is 36.4 Å². The van der Waals surface area contributed by atoms with E-state index in [4.69, 9.17) is 5.73 Å². The van der Waals surface area contributed by atoms with Crippen LogP contribution in [0, 0.1) is 0 Å². The molecule has 0 aliphatic rings. The Bertz CT molecular complexity index is 537. The van der Waals surface area contributed by atoms with Gasteiger partial charge in [-0.05, 0) is 30.3 Å². The van der Waals surface area contributed by atoms with Crippen LogP contribution in [0.1, 0.15) is 5.69 Å². The maximum Gasteiger partial charge on any atom is 0.435 e. The fourth-order valence-electron chi connectivity index (χ4n) is 1.31. The number of halogens is 3. The number of nitrogens with zero attached hydrogens (tertiary/aromatic N) is 2. The zero-order valence-corrected chi connectivity index (χ0v) is 9.07. The van der Waals surface area contributed by atoms with Crippen molar-refractivity contribution in [3.8, 4) is 0 Å². The molecule has 0 radical (unpaired) electrons. The van der Waals surface area contributed by atoms with Crippen LogP contribution in [-0.2, 0) is 6.18 Å². The Kier molecular flexibility index (Phi) is 3.05. The Hall–Kier alpha value is -2.31. The first-order chi connectivity index (χ1) is 8.45. The molecule has 2 rings (SSSR count). The number of nitrogens with two attached hydrogens (primary N) is 1. The van der Waals surface area contributed by atoms with E-state index in [2.05, 4.69) is 15.5 Å². The zero-order chi connectivity index (χ0) is 13.2.